The van der Waals surface area contributed by atoms with Crippen molar-refractivity contribution in [1.29, 1.82) is 0 Å². The van der Waals surface area contributed by atoms with E-state index in [1.807, 2.05) is 13.0 Å². The van der Waals surface area contributed by atoms with Crippen molar-refractivity contribution < 1.29 is 0 Å². The van der Waals surface area contributed by atoms with Crippen LogP contribution in [0.1, 0.15) is 11.3 Å². The summed E-state index contributed by atoms with van der Waals surface area (Å²) in [5.74, 6) is 0.882. The number of fused-ring (bicyclic) bond motifs is 1. The van der Waals surface area contributed by atoms with Crippen LogP contribution < -0.4 is 0 Å². The molecule has 0 bridgehead atoms. The highest BCUT2D eigenvalue weighted by Gasteiger charge is 2.07. The van der Waals surface area contributed by atoms with E-state index >= 15 is 0 Å². The van der Waals surface area contributed by atoms with Gasteiger partial charge >= 0.3 is 0 Å². The number of rotatable bonds is 3. The van der Waals surface area contributed by atoms with Crippen molar-refractivity contribution in [1.82, 2.24) is 15.0 Å². The lowest BCUT2D eigenvalue weighted by molar-refractivity contribution is 1.07. The number of nitrogens with one attached hydrogen (secondary N) is 1. The first kappa shape index (κ1) is 14.1. The molecule has 3 aromatic rings. The number of aromatic amines is 1. The fourth-order valence-corrected chi connectivity index (χ4v) is 3.20. The molecule has 0 aliphatic carbocycles. The van der Waals surface area contributed by atoms with Crippen LogP contribution in [0.5, 0.6) is 0 Å². The molecule has 6 heteroatoms. The lowest BCUT2D eigenvalue weighted by atomic mass is 10.2. The summed E-state index contributed by atoms with van der Waals surface area (Å²) in [5.41, 5.74) is 3.95. The summed E-state index contributed by atoms with van der Waals surface area (Å²) in [6.45, 7) is 1.97. The normalized spacial score (nSPS) is 11.2. The molecule has 3 rings (SSSR count). The monoisotopic (exact) mass is 411 g/mol. The topological polar surface area (TPSA) is 41.6 Å². The van der Waals surface area contributed by atoms with Crippen LogP contribution >= 0.6 is 43.6 Å². The second-order valence-corrected chi connectivity index (χ2v) is 7.12. The zero-order valence-electron chi connectivity index (χ0n) is 10.7. The van der Waals surface area contributed by atoms with Gasteiger partial charge in [0.15, 0.2) is 10.8 Å². The number of nitrogens with zero attached hydrogens (tertiary/aromatic N) is 2. The van der Waals surface area contributed by atoms with Gasteiger partial charge in [-0.3, -0.25) is 0 Å². The molecule has 3 nitrogen and oxygen atoms in total. The Balaban J connectivity index is 1.79. The fraction of sp³-hybridized carbons (Fsp3) is 0.143. The highest BCUT2D eigenvalue weighted by molar-refractivity contribution is 9.10. The van der Waals surface area contributed by atoms with Gasteiger partial charge in [-0.05, 0) is 46.6 Å². The zero-order chi connectivity index (χ0) is 14.1. The first-order valence-corrected chi connectivity index (χ1v) is 8.59. The Hall–Kier alpha value is -0.850. The molecule has 2 heterocycles. The predicted molar refractivity (Wildman–Crippen MR) is 90.0 cm³/mol. The Kier molecular flexibility index (Phi) is 4.14. The summed E-state index contributed by atoms with van der Waals surface area (Å²) in [7, 11) is 0. The number of hydrogen-bond donors (Lipinski definition) is 1. The molecule has 0 atom stereocenters. The van der Waals surface area contributed by atoms with Gasteiger partial charge in [-0.2, -0.15) is 0 Å². The molecule has 0 unspecified atom stereocenters. The summed E-state index contributed by atoms with van der Waals surface area (Å²) in [4.78, 5) is 12.3. The molecule has 1 aromatic carbocycles. The van der Waals surface area contributed by atoms with Gasteiger partial charge in [-0.25, -0.2) is 9.97 Å². The second kappa shape index (κ2) is 5.87. The van der Waals surface area contributed by atoms with Crippen LogP contribution in [-0.4, -0.2) is 15.0 Å². The molecular formula is C14H11Br2N3S. The number of aryl methyl sites for hydroxylation is 1. The third-order valence-corrected chi connectivity index (χ3v) is 5.14. The van der Waals surface area contributed by atoms with Crippen LogP contribution in [0.25, 0.3) is 11.2 Å². The lowest BCUT2D eigenvalue weighted by Crippen LogP contribution is -1.83. The minimum atomic E-state index is 0.768. The number of pyridine rings is 1. The Labute approximate surface area is 137 Å². The van der Waals surface area contributed by atoms with Gasteiger partial charge < -0.3 is 4.98 Å². The maximum absolute atomic E-state index is 4.51. The number of thioether (sulfide) groups is 1. The molecule has 0 aliphatic heterocycles. The van der Waals surface area contributed by atoms with Crippen molar-refractivity contribution in [3.63, 3.8) is 0 Å². The van der Waals surface area contributed by atoms with Gasteiger partial charge in [0, 0.05) is 14.7 Å². The van der Waals surface area contributed by atoms with Crippen molar-refractivity contribution in [2.75, 3.05) is 0 Å². The summed E-state index contributed by atoms with van der Waals surface area (Å²) < 4.78 is 2.10. The predicted octanol–water partition coefficient (Wildman–Crippen LogP) is 5.08. The van der Waals surface area contributed by atoms with Crippen molar-refractivity contribution >= 4 is 54.8 Å². The highest BCUT2D eigenvalue weighted by atomic mass is 79.9. The molecule has 102 valence electrons. The Bertz CT molecular complexity index is 714. The van der Waals surface area contributed by atoms with Crippen LogP contribution in [0.3, 0.4) is 0 Å². The summed E-state index contributed by atoms with van der Waals surface area (Å²) in [5, 5.41) is 0.896. The summed E-state index contributed by atoms with van der Waals surface area (Å²) in [6, 6.07) is 10.3. The number of aromatic nitrogens is 3. The van der Waals surface area contributed by atoms with E-state index in [4.69, 9.17) is 0 Å². The zero-order valence-corrected chi connectivity index (χ0v) is 14.6. The highest BCUT2D eigenvalue weighted by Crippen LogP contribution is 2.25. The molecule has 0 saturated carbocycles. The average molecular weight is 413 g/mol. The quantitative estimate of drug-likeness (QED) is 0.609. The van der Waals surface area contributed by atoms with Crippen molar-refractivity contribution in [3.05, 3.63) is 50.5 Å². The van der Waals surface area contributed by atoms with E-state index < -0.39 is 0 Å². The first-order valence-electron chi connectivity index (χ1n) is 6.02. The number of imidazole rings is 1. The van der Waals surface area contributed by atoms with E-state index in [9.17, 15) is 0 Å². The maximum Gasteiger partial charge on any atom is 0.178 e. The SMILES string of the molecule is Cc1nc2nc(SCc3ccc(Br)cc3)[nH]c2cc1Br. The lowest BCUT2D eigenvalue weighted by Gasteiger charge is -1.98. The van der Waals surface area contributed by atoms with Gasteiger partial charge in [-0.15, -0.1) is 0 Å². The molecule has 0 saturated heterocycles. The van der Waals surface area contributed by atoms with Gasteiger partial charge in [0.1, 0.15) is 0 Å². The van der Waals surface area contributed by atoms with Gasteiger partial charge in [0.2, 0.25) is 0 Å². The third kappa shape index (κ3) is 3.07. The standard InChI is InChI=1S/C14H11Br2N3S/c1-8-11(16)6-12-13(17-8)19-14(18-12)20-7-9-2-4-10(15)5-3-9/h2-6H,7H2,1H3,(H,17,18,19). The van der Waals surface area contributed by atoms with Crippen molar-refractivity contribution in [2.24, 2.45) is 0 Å². The van der Waals surface area contributed by atoms with E-state index in [-0.39, 0.29) is 0 Å². The maximum atomic E-state index is 4.51. The third-order valence-electron chi connectivity index (χ3n) is 2.87. The molecule has 0 amide bonds. The number of H-pyrrole nitrogens is 1. The van der Waals surface area contributed by atoms with Crippen LogP contribution in [0, 0.1) is 6.92 Å². The van der Waals surface area contributed by atoms with E-state index in [0.717, 1.165) is 36.7 Å². The van der Waals surface area contributed by atoms with Crippen LogP contribution in [-0.2, 0) is 5.75 Å². The summed E-state index contributed by atoms with van der Waals surface area (Å²) >= 11 is 8.61. The molecule has 2 aromatic heterocycles. The van der Waals surface area contributed by atoms with E-state index in [1.165, 1.54) is 5.56 Å². The van der Waals surface area contributed by atoms with E-state index in [2.05, 4.69) is 71.1 Å². The smallest absolute Gasteiger partial charge is 0.178 e. The minimum Gasteiger partial charge on any atom is -0.331 e. The average Bonchev–Trinajstić information content (AvgIpc) is 2.80. The summed E-state index contributed by atoms with van der Waals surface area (Å²) in [6.07, 6.45) is 0. The second-order valence-electron chi connectivity index (χ2n) is 4.38. The molecular weight excluding hydrogens is 402 g/mol. The molecule has 0 fully saturated rings. The van der Waals surface area contributed by atoms with Gasteiger partial charge in [0.05, 0.1) is 11.2 Å². The molecule has 1 N–H and O–H groups in total. The Morgan fingerprint density at radius 3 is 2.65 bits per heavy atom. The Morgan fingerprint density at radius 1 is 1.15 bits per heavy atom. The van der Waals surface area contributed by atoms with Gasteiger partial charge in [0.25, 0.3) is 0 Å². The number of hydrogen-bond acceptors (Lipinski definition) is 3. The van der Waals surface area contributed by atoms with Gasteiger partial charge in [-0.1, -0.05) is 39.8 Å². The number of halogens is 2. The molecule has 0 radical (unpaired) electrons. The Morgan fingerprint density at radius 2 is 1.90 bits per heavy atom. The van der Waals surface area contributed by atoms with Crippen LogP contribution in [0.4, 0.5) is 0 Å². The van der Waals surface area contributed by atoms with E-state index in [0.29, 0.717) is 0 Å². The van der Waals surface area contributed by atoms with Crippen LogP contribution in [0.15, 0.2) is 44.4 Å². The van der Waals surface area contributed by atoms with Crippen LogP contribution in [0.2, 0.25) is 0 Å². The fourth-order valence-electron chi connectivity index (χ4n) is 1.79. The number of benzene rings is 1. The van der Waals surface area contributed by atoms with Crippen molar-refractivity contribution in [3.8, 4) is 0 Å². The largest absolute Gasteiger partial charge is 0.331 e. The first-order chi connectivity index (χ1) is 9.61. The molecule has 0 aliphatic rings. The molecule has 20 heavy (non-hydrogen) atoms. The van der Waals surface area contributed by atoms with Crippen molar-refractivity contribution in [2.45, 2.75) is 17.8 Å². The molecule has 0 spiro atoms. The van der Waals surface area contributed by atoms with E-state index in [1.54, 1.807) is 11.8 Å². The minimum absolute atomic E-state index is 0.768.